The summed E-state index contributed by atoms with van der Waals surface area (Å²) in [6, 6.07) is 18.0. The van der Waals surface area contributed by atoms with Gasteiger partial charge in [0.2, 0.25) is 0 Å². The molecule has 0 fully saturated rings. The van der Waals surface area contributed by atoms with Crippen molar-refractivity contribution >= 4 is 28.3 Å². The van der Waals surface area contributed by atoms with Gasteiger partial charge in [0, 0.05) is 12.1 Å². The summed E-state index contributed by atoms with van der Waals surface area (Å²) in [4.78, 5) is 25.6. The number of carbonyl (C=O) groups is 2. The maximum Gasteiger partial charge on any atom is 0.271 e. The van der Waals surface area contributed by atoms with E-state index in [1.165, 1.54) is 7.11 Å². The van der Waals surface area contributed by atoms with E-state index in [2.05, 4.69) is 16.2 Å². The molecular formula is C22H23N3O4. The fourth-order valence-corrected chi connectivity index (χ4v) is 2.99. The number of aliphatic hydroxyl groups excluding tert-OH is 1. The van der Waals surface area contributed by atoms with E-state index in [1.54, 1.807) is 31.2 Å². The van der Waals surface area contributed by atoms with Crippen molar-refractivity contribution in [2.75, 3.05) is 19.0 Å². The second kappa shape index (κ2) is 9.18. The Morgan fingerprint density at radius 1 is 1.00 bits per heavy atom. The molecule has 0 heterocycles. The Morgan fingerprint density at radius 3 is 2.48 bits per heavy atom. The van der Waals surface area contributed by atoms with Gasteiger partial charge in [-0.25, -0.2) is 5.43 Å². The van der Waals surface area contributed by atoms with Crippen molar-refractivity contribution < 1.29 is 19.4 Å². The first-order valence-corrected chi connectivity index (χ1v) is 9.18. The van der Waals surface area contributed by atoms with Crippen molar-refractivity contribution in [2.45, 2.75) is 13.0 Å². The third-order valence-electron chi connectivity index (χ3n) is 4.36. The van der Waals surface area contributed by atoms with E-state index in [9.17, 15) is 14.7 Å². The van der Waals surface area contributed by atoms with Gasteiger partial charge in [-0.15, -0.1) is 0 Å². The molecule has 3 aromatic rings. The fourth-order valence-electron chi connectivity index (χ4n) is 2.99. The minimum Gasteiger partial charge on any atom is -0.496 e. The zero-order valence-corrected chi connectivity index (χ0v) is 16.2. The first-order chi connectivity index (χ1) is 14.0. The van der Waals surface area contributed by atoms with Gasteiger partial charge in [0.25, 0.3) is 11.8 Å². The summed E-state index contributed by atoms with van der Waals surface area (Å²) in [6.07, 6.45) is -0.626. The van der Waals surface area contributed by atoms with Crippen molar-refractivity contribution in [1.29, 1.82) is 0 Å². The van der Waals surface area contributed by atoms with Crippen LogP contribution in [0, 0.1) is 0 Å². The summed E-state index contributed by atoms with van der Waals surface area (Å²) in [5, 5.41) is 13.9. The minimum absolute atomic E-state index is 0.179. The molecule has 3 aromatic carbocycles. The molecule has 29 heavy (non-hydrogen) atoms. The minimum atomic E-state index is -0.626. The Labute approximate surface area is 168 Å². The van der Waals surface area contributed by atoms with Crippen LogP contribution in [0.2, 0.25) is 0 Å². The largest absolute Gasteiger partial charge is 0.496 e. The molecule has 1 unspecified atom stereocenters. The molecule has 2 amide bonds. The third-order valence-corrected chi connectivity index (χ3v) is 4.36. The Kier molecular flexibility index (Phi) is 6.43. The van der Waals surface area contributed by atoms with Crippen LogP contribution >= 0.6 is 0 Å². The number of benzene rings is 3. The SMILES string of the molecule is COc1cccc(NC(=O)c2cccc3ccccc23)c1C(=O)NNCC(C)O. The van der Waals surface area contributed by atoms with Crippen molar-refractivity contribution in [3.05, 3.63) is 71.8 Å². The summed E-state index contributed by atoms with van der Waals surface area (Å²) in [6.45, 7) is 1.77. The van der Waals surface area contributed by atoms with Crippen LogP contribution in [-0.2, 0) is 0 Å². The lowest BCUT2D eigenvalue weighted by Crippen LogP contribution is -2.41. The number of ether oxygens (including phenoxy) is 1. The van der Waals surface area contributed by atoms with Gasteiger partial charge in [0.05, 0.1) is 18.9 Å². The molecular weight excluding hydrogens is 370 g/mol. The highest BCUT2D eigenvalue weighted by Crippen LogP contribution is 2.27. The van der Waals surface area contributed by atoms with Gasteiger partial charge < -0.3 is 15.2 Å². The van der Waals surface area contributed by atoms with E-state index in [4.69, 9.17) is 4.74 Å². The maximum atomic E-state index is 13.0. The van der Waals surface area contributed by atoms with Gasteiger partial charge in [0.1, 0.15) is 11.3 Å². The molecule has 3 rings (SSSR count). The first-order valence-electron chi connectivity index (χ1n) is 9.18. The third kappa shape index (κ3) is 4.71. The molecule has 0 aliphatic rings. The molecule has 0 radical (unpaired) electrons. The molecule has 7 nitrogen and oxygen atoms in total. The molecule has 4 N–H and O–H groups in total. The molecule has 150 valence electrons. The van der Waals surface area contributed by atoms with E-state index in [0.29, 0.717) is 17.0 Å². The molecule has 0 saturated carbocycles. The van der Waals surface area contributed by atoms with Crippen LogP contribution in [0.25, 0.3) is 10.8 Å². The monoisotopic (exact) mass is 393 g/mol. The topological polar surface area (TPSA) is 99.7 Å². The van der Waals surface area contributed by atoms with Gasteiger partial charge in [-0.2, -0.15) is 0 Å². The van der Waals surface area contributed by atoms with Crippen LogP contribution in [0.3, 0.4) is 0 Å². The van der Waals surface area contributed by atoms with E-state index in [-0.39, 0.29) is 18.0 Å². The van der Waals surface area contributed by atoms with Crippen LogP contribution in [0.4, 0.5) is 5.69 Å². The summed E-state index contributed by atoms with van der Waals surface area (Å²) in [5.41, 5.74) is 6.17. The lowest BCUT2D eigenvalue weighted by molar-refractivity contribution is 0.0919. The molecule has 0 aromatic heterocycles. The normalized spacial score (nSPS) is 11.7. The summed E-state index contributed by atoms with van der Waals surface area (Å²) >= 11 is 0. The second-order valence-electron chi connectivity index (χ2n) is 6.55. The summed E-state index contributed by atoms with van der Waals surface area (Å²) in [7, 11) is 1.45. The van der Waals surface area contributed by atoms with Gasteiger partial charge in [0.15, 0.2) is 0 Å². The number of anilines is 1. The summed E-state index contributed by atoms with van der Waals surface area (Å²) < 4.78 is 5.30. The van der Waals surface area contributed by atoms with Gasteiger partial charge >= 0.3 is 0 Å². The van der Waals surface area contributed by atoms with Crippen molar-refractivity contribution in [1.82, 2.24) is 10.9 Å². The average Bonchev–Trinajstić information content (AvgIpc) is 2.72. The lowest BCUT2D eigenvalue weighted by Gasteiger charge is -2.16. The average molecular weight is 393 g/mol. The van der Waals surface area contributed by atoms with Crippen molar-refractivity contribution in [3.63, 3.8) is 0 Å². The number of rotatable bonds is 7. The molecule has 0 spiro atoms. The second-order valence-corrected chi connectivity index (χ2v) is 6.55. The predicted octanol–water partition coefficient (Wildman–Crippen LogP) is 2.72. The lowest BCUT2D eigenvalue weighted by atomic mass is 10.0. The van der Waals surface area contributed by atoms with Crippen LogP contribution in [0.5, 0.6) is 5.75 Å². The zero-order chi connectivity index (χ0) is 20.8. The highest BCUT2D eigenvalue weighted by Gasteiger charge is 2.20. The fraction of sp³-hybridized carbons (Fsp3) is 0.182. The molecule has 0 saturated heterocycles. The smallest absolute Gasteiger partial charge is 0.271 e. The van der Waals surface area contributed by atoms with E-state index < -0.39 is 12.0 Å². The van der Waals surface area contributed by atoms with Crippen LogP contribution in [-0.4, -0.2) is 36.7 Å². The predicted molar refractivity (Wildman–Crippen MR) is 112 cm³/mol. The van der Waals surface area contributed by atoms with Gasteiger partial charge in [-0.3, -0.25) is 15.0 Å². The highest BCUT2D eigenvalue weighted by molar-refractivity contribution is 6.15. The highest BCUT2D eigenvalue weighted by atomic mass is 16.5. The Hall–Kier alpha value is -3.42. The van der Waals surface area contributed by atoms with E-state index in [1.807, 2.05) is 36.4 Å². The van der Waals surface area contributed by atoms with Crippen LogP contribution in [0.1, 0.15) is 27.6 Å². The molecule has 0 aliphatic heterocycles. The molecule has 1 atom stereocenters. The van der Waals surface area contributed by atoms with Crippen molar-refractivity contribution in [3.8, 4) is 5.75 Å². The molecule has 0 aliphatic carbocycles. The number of methoxy groups -OCH3 is 1. The zero-order valence-electron chi connectivity index (χ0n) is 16.2. The number of hydrazine groups is 1. The summed E-state index contributed by atoms with van der Waals surface area (Å²) in [5.74, 6) is -0.505. The van der Waals surface area contributed by atoms with Crippen molar-refractivity contribution in [2.24, 2.45) is 0 Å². The van der Waals surface area contributed by atoms with Gasteiger partial charge in [-0.05, 0) is 35.9 Å². The quantitative estimate of drug-likeness (QED) is 0.463. The molecule has 7 heteroatoms. The van der Waals surface area contributed by atoms with Crippen LogP contribution in [0.15, 0.2) is 60.7 Å². The Balaban J connectivity index is 1.90. The van der Waals surface area contributed by atoms with E-state index in [0.717, 1.165) is 10.8 Å². The maximum absolute atomic E-state index is 13.0. The Morgan fingerprint density at radius 2 is 1.72 bits per heavy atom. The van der Waals surface area contributed by atoms with Crippen LogP contribution < -0.4 is 20.9 Å². The Bertz CT molecular complexity index is 1030. The first kappa shape index (κ1) is 20.3. The standard InChI is InChI=1S/C22H23N3O4/c1-14(26)13-23-25-22(28)20-18(11-6-12-19(20)29-2)24-21(27)17-10-5-8-15-7-3-4-9-16(15)17/h3-12,14,23,26H,13H2,1-2H3,(H,24,27)(H,25,28). The number of hydrogen-bond acceptors (Lipinski definition) is 5. The number of amides is 2. The number of aliphatic hydroxyl groups is 1. The van der Waals surface area contributed by atoms with Gasteiger partial charge in [-0.1, -0.05) is 42.5 Å². The molecule has 0 bridgehead atoms. The number of fused-ring (bicyclic) bond motifs is 1. The number of hydrogen-bond donors (Lipinski definition) is 4. The number of nitrogens with one attached hydrogen (secondary N) is 3. The van der Waals surface area contributed by atoms with E-state index >= 15 is 0 Å². The number of carbonyl (C=O) groups excluding carboxylic acids is 2.